The molecule has 3 N–H and O–H groups in total. The molecular weight excluding hydrogens is 234 g/mol. The first-order valence-corrected chi connectivity index (χ1v) is 6.48. The second-order valence-corrected chi connectivity index (χ2v) is 5.34. The Labute approximate surface area is 109 Å². The first kappa shape index (κ1) is 16.9. The lowest BCUT2D eigenvalue weighted by Crippen LogP contribution is -2.65. The van der Waals surface area contributed by atoms with Gasteiger partial charge in [0.1, 0.15) is 0 Å². The molecule has 5 nitrogen and oxygen atoms in total. The van der Waals surface area contributed by atoms with Crippen LogP contribution in [0.25, 0.3) is 0 Å². The zero-order chi connectivity index (χ0) is 14.1. The molecule has 0 fully saturated rings. The fourth-order valence-corrected chi connectivity index (χ4v) is 1.11. The van der Waals surface area contributed by atoms with Crippen molar-refractivity contribution in [3.05, 3.63) is 0 Å². The lowest BCUT2D eigenvalue weighted by atomic mass is 10.1. The van der Waals surface area contributed by atoms with E-state index in [4.69, 9.17) is 9.47 Å². The summed E-state index contributed by atoms with van der Waals surface area (Å²) in [7, 11) is 0. The maximum atomic E-state index is 11.5. The average molecular weight is 260 g/mol. The van der Waals surface area contributed by atoms with Crippen LogP contribution in [-0.4, -0.2) is 31.2 Å². The number of hydrogen-bond acceptors (Lipinski definition) is 4. The maximum Gasteiger partial charge on any atom is 0.364 e. The van der Waals surface area contributed by atoms with Crippen LogP contribution in [0.2, 0.25) is 0 Å². The van der Waals surface area contributed by atoms with Gasteiger partial charge in [-0.15, -0.1) is 0 Å². The minimum absolute atomic E-state index is 0.206. The first-order valence-electron chi connectivity index (χ1n) is 6.48. The molecule has 0 aromatic rings. The van der Waals surface area contributed by atoms with Crippen molar-refractivity contribution in [2.45, 2.75) is 46.6 Å². The summed E-state index contributed by atoms with van der Waals surface area (Å²) in [4.78, 5) is 22.8. The Balaban J connectivity index is 3.77. The Morgan fingerprint density at radius 2 is 1.50 bits per heavy atom. The van der Waals surface area contributed by atoms with Crippen LogP contribution >= 0.6 is 0 Å². The van der Waals surface area contributed by atoms with Gasteiger partial charge in [-0.1, -0.05) is 27.7 Å². The first-order chi connectivity index (χ1) is 8.32. The summed E-state index contributed by atoms with van der Waals surface area (Å²) in [5, 5.41) is 0. The molecule has 0 heterocycles. The van der Waals surface area contributed by atoms with E-state index in [1.807, 2.05) is 27.7 Å². The molecule has 0 aromatic carbocycles. The maximum absolute atomic E-state index is 11.5. The van der Waals surface area contributed by atoms with Crippen LogP contribution < -0.4 is 5.73 Å². The Hall–Kier alpha value is -1.10. The van der Waals surface area contributed by atoms with Gasteiger partial charge in [0.15, 0.2) is 6.04 Å². The molecule has 0 radical (unpaired) electrons. The molecule has 0 aliphatic carbocycles. The predicted molar refractivity (Wildman–Crippen MR) is 67.5 cm³/mol. The van der Waals surface area contributed by atoms with Crippen molar-refractivity contribution in [3.8, 4) is 0 Å². The van der Waals surface area contributed by atoms with Gasteiger partial charge >= 0.3 is 11.9 Å². The van der Waals surface area contributed by atoms with E-state index < -0.39 is 6.04 Å². The summed E-state index contributed by atoms with van der Waals surface area (Å²) in [6.07, 6.45) is 0.575. The summed E-state index contributed by atoms with van der Waals surface area (Å²) in [5.41, 5.74) is 3.70. The largest absolute Gasteiger partial charge is 0.465 e. The van der Waals surface area contributed by atoms with Gasteiger partial charge in [-0.25, -0.2) is 4.79 Å². The minimum Gasteiger partial charge on any atom is -0.465 e. The van der Waals surface area contributed by atoms with E-state index in [9.17, 15) is 9.59 Å². The van der Waals surface area contributed by atoms with Gasteiger partial charge in [0.25, 0.3) is 0 Å². The molecule has 0 rings (SSSR count). The molecule has 0 aliphatic rings. The van der Waals surface area contributed by atoms with Gasteiger partial charge in [-0.05, 0) is 11.8 Å². The fourth-order valence-electron chi connectivity index (χ4n) is 1.11. The molecule has 0 aromatic heterocycles. The van der Waals surface area contributed by atoms with Crippen LogP contribution in [0.1, 0.15) is 40.5 Å². The van der Waals surface area contributed by atoms with Crippen molar-refractivity contribution in [3.63, 3.8) is 0 Å². The summed E-state index contributed by atoms with van der Waals surface area (Å²) in [6.45, 7) is 8.69. The number of carbonyl (C=O) groups is 2. The quantitative estimate of drug-likeness (QED) is 0.654. The van der Waals surface area contributed by atoms with Crippen molar-refractivity contribution in [2.75, 3.05) is 13.2 Å². The van der Waals surface area contributed by atoms with Crippen molar-refractivity contribution in [1.82, 2.24) is 0 Å². The number of esters is 2. The Morgan fingerprint density at radius 1 is 1.00 bits per heavy atom. The third-order valence-electron chi connectivity index (χ3n) is 2.17. The van der Waals surface area contributed by atoms with Crippen LogP contribution in [0.15, 0.2) is 0 Å². The number of rotatable bonds is 8. The molecule has 1 atom stereocenters. The van der Waals surface area contributed by atoms with Gasteiger partial charge in [-0.2, -0.15) is 0 Å². The van der Waals surface area contributed by atoms with E-state index in [1.165, 1.54) is 0 Å². The highest BCUT2D eigenvalue weighted by Gasteiger charge is 2.20. The molecule has 0 aliphatic heterocycles. The van der Waals surface area contributed by atoms with E-state index in [1.54, 1.807) is 0 Å². The van der Waals surface area contributed by atoms with Gasteiger partial charge < -0.3 is 15.2 Å². The normalized spacial score (nSPS) is 12.6. The van der Waals surface area contributed by atoms with Crippen LogP contribution in [0.5, 0.6) is 0 Å². The number of carbonyl (C=O) groups excluding carboxylic acids is 2. The lowest BCUT2D eigenvalue weighted by Gasteiger charge is -2.11. The van der Waals surface area contributed by atoms with E-state index >= 15 is 0 Å². The summed E-state index contributed by atoms with van der Waals surface area (Å²) < 4.78 is 10.1. The molecule has 18 heavy (non-hydrogen) atoms. The average Bonchev–Trinajstić information content (AvgIpc) is 2.30. The number of quaternary nitrogens is 1. The third kappa shape index (κ3) is 8.98. The second-order valence-electron chi connectivity index (χ2n) is 5.34. The topological polar surface area (TPSA) is 80.2 Å². The molecule has 0 spiro atoms. The molecule has 0 unspecified atom stereocenters. The van der Waals surface area contributed by atoms with Crippen molar-refractivity contribution >= 4 is 11.9 Å². The molecule has 0 bridgehead atoms. The lowest BCUT2D eigenvalue weighted by molar-refractivity contribution is -0.409. The number of hydrogen-bond donors (Lipinski definition) is 1. The zero-order valence-corrected chi connectivity index (χ0v) is 11.9. The Kier molecular flexibility index (Phi) is 8.37. The number of ether oxygens (including phenoxy) is 2. The molecular formula is C13H26NO4+. The second kappa shape index (κ2) is 8.91. The van der Waals surface area contributed by atoms with Gasteiger partial charge in [0.2, 0.25) is 0 Å². The molecule has 106 valence electrons. The SMILES string of the molecule is CC(C)COC(=O)CC[C@@H]([NH3+])C(=O)OCC(C)C. The van der Waals surface area contributed by atoms with E-state index in [0.717, 1.165) is 0 Å². The summed E-state index contributed by atoms with van der Waals surface area (Å²) in [6, 6.07) is -0.504. The van der Waals surface area contributed by atoms with Gasteiger partial charge in [0, 0.05) is 6.42 Å². The molecule has 0 saturated carbocycles. The van der Waals surface area contributed by atoms with Crippen molar-refractivity contribution in [1.29, 1.82) is 0 Å². The standard InChI is InChI=1S/C13H25NO4/c1-9(2)7-17-12(15)6-5-11(14)13(16)18-8-10(3)4/h9-11H,5-8,14H2,1-4H3/p+1/t11-/m1/s1. The zero-order valence-electron chi connectivity index (χ0n) is 11.9. The van der Waals surface area contributed by atoms with E-state index in [0.29, 0.717) is 31.5 Å². The Bertz CT molecular complexity index is 264. The highest BCUT2D eigenvalue weighted by atomic mass is 16.5. The van der Waals surface area contributed by atoms with Crippen LogP contribution in [0.4, 0.5) is 0 Å². The van der Waals surface area contributed by atoms with Gasteiger partial charge in [0.05, 0.1) is 19.6 Å². The predicted octanol–water partition coefficient (Wildman–Crippen LogP) is 0.776. The molecule has 0 amide bonds. The Morgan fingerprint density at radius 3 is 2.00 bits per heavy atom. The van der Waals surface area contributed by atoms with Crippen LogP contribution in [0, 0.1) is 11.8 Å². The molecule has 5 heteroatoms. The highest BCUT2D eigenvalue weighted by Crippen LogP contribution is 2.02. The monoisotopic (exact) mass is 260 g/mol. The third-order valence-corrected chi connectivity index (χ3v) is 2.17. The van der Waals surface area contributed by atoms with Crippen LogP contribution in [0.3, 0.4) is 0 Å². The minimum atomic E-state index is -0.504. The highest BCUT2D eigenvalue weighted by molar-refractivity contribution is 5.75. The van der Waals surface area contributed by atoms with E-state index in [2.05, 4.69) is 5.73 Å². The van der Waals surface area contributed by atoms with E-state index in [-0.39, 0.29) is 18.4 Å². The fraction of sp³-hybridized carbons (Fsp3) is 0.846. The van der Waals surface area contributed by atoms with Gasteiger partial charge in [-0.3, -0.25) is 4.79 Å². The van der Waals surface area contributed by atoms with Crippen molar-refractivity contribution < 1.29 is 24.8 Å². The smallest absolute Gasteiger partial charge is 0.364 e. The molecule has 0 saturated heterocycles. The summed E-state index contributed by atoms with van der Waals surface area (Å²) in [5.74, 6) is -0.00738. The summed E-state index contributed by atoms with van der Waals surface area (Å²) >= 11 is 0. The van der Waals surface area contributed by atoms with Crippen molar-refractivity contribution in [2.24, 2.45) is 11.8 Å². The van der Waals surface area contributed by atoms with Crippen LogP contribution in [-0.2, 0) is 19.1 Å².